The van der Waals surface area contributed by atoms with Crippen LogP contribution in [-0.4, -0.2) is 18.2 Å². The molecule has 0 bridgehead atoms. The van der Waals surface area contributed by atoms with Gasteiger partial charge in [-0.1, -0.05) is 12.8 Å². The molecule has 0 spiro atoms. The Morgan fingerprint density at radius 3 is 2.43 bits per heavy atom. The Morgan fingerprint density at radius 2 is 1.86 bits per heavy atom. The van der Waals surface area contributed by atoms with Crippen LogP contribution in [0.1, 0.15) is 31.4 Å². The first-order valence-corrected chi connectivity index (χ1v) is 5.34. The summed E-state index contributed by atoms with van der Waals surface area (Å²) in [6, 6.07) is 3.80. The lowest BCUT2D eigenvalue weighted by molar-refractivity contribution is 0.248. The van der Waals surface area contributed by atoms with Gasteiger partial charge in [-0.05, 0) is 18.9 Å². The van der Waals surface area contributed by atoms with E-state index in [2.05, 4.69) is 4.90 Å². The molecule has 1 aromatic heterocycles. The first kappa shape index (κ1) is 9.59. The van der Waals surface area contributed by atoms with E-state index in [4.69, 9.17) is 9.52 Å². The predicted molar refractivity (Wildman–Crippen MR) is 55.3 cm³/mol. The summed E-state index contributed by atoms with van der Waals surface area (Å²) in [7, 11) is 0. The van der Waals surface area contributed by atoms with E-state index >= 15 is 0 Å². The summed E-state index contributed by atoms with van der Waals surface area (Å²) in [4.78, 5) is 2.27. The maximum atomic E-state index is 8.89. The van der Waals surface area contributed by atoms with Crippen LogP contribution in [0.3, 0.4) is 0 Å². The fraction of sp³-hybridized carbons (Fsp3) is 0.636. The van der Waals surface area contributed by atoms with E-state index in [0.29, 0.717) is 5.76 Å². The standard InChI is InChI=1S/C11H17NO2/c13-9-10-5-6-11(14-10)12-7-3-1-2-4-8-12/h5-6,13H,1-4,7-9H2. The highest BCUT2D eigenvalue weighted by Crippen LogP contribution is 2.21. The normalized spacial score (nSPS) is 18.2. The lowest BCUT2D eigenvalue weighted by Crippen LogP contribution is -2.23. The highest BCUT2D eigenvalue weighted by molar-refractivity contribution is 5.36. The van der Waals surface area contributed by atoms with Crippen molar-refractivity contribution in [2.24, 2.45) is 0 Å². The molecule has 78 valence electrons. The summed E-state index contributed by atoms with van der Waals surface area (Å²) in [5.41, 5.74) is 0. The molecule has 0 aromatic carbocycles. The molecule has 0 unspecified atom stereocenters. The zero-order chi connectivity index (χ0) is 9.80. The second-order valence-corrected chi connectivity index (χ2v) is 3.80. The van der Waals surface area contributed by atoms with Crippen molar-refractivity contribution in [1.82, 2.24) is 0 Å². The molecule has 2 heterocycles. The summed E-state index contributed by atoms with van der Waals surface area (Å²) in [6.07, 6.45) is 5.14. The largest absolute Gasteiger partial charge is 0.443 e. The number of hydrogen-bond acceptors (Lipinski definition) is 3. The van der Waals surface area contributed by atoms with Crippen molar-refractivity contribution in [3.8, 4) is 0 Å². The first-order valence-electron chi connectivity index (χ1n) is 5.34. The maximum absolute atomic E-state index is 8.89. The van der Waals surface area contributed by atoms with Crippen LogP contribution in [0.15, 0.2) is 16.5 Å². The van der Waals surface area contributed by atoms with E-state index in [1.165, 1.54) is 25.7 Å². The van der Waals surface area contributed by atoms with Gasteiger partial charge in [0, 0.05) is 19.2 Å². The van der Waals surface area contributed by atoms with Gasteiger partial charge in [0.1, 0.15) is 12.4 Å². The average molecular weight is 195 g/mol. The zero-order valence-electron chi connectivity index (χ0n) is 8.41. The van der Waals surface area contributed by atoms with E-state index in [9.17, 15) is 0 Å². The molecule has 1 aromatic rings. The van der Waals surface area contributed by atoms with Crippen molar-refractivity contribution in [1.29, 1.82) is 0 Å². The van der Waals surface area contributed by atoms with Gasteiger partial charge in [0.25, 0.3) is 0 Å². The fourth-order valence-electron chi connectivity index (χ4n) is 1.91. The highest BCUT2D eigenvalue weighted by atomic mass is 16.4. The van der Waals surface area contributed by atoms with E-state index in [0.717, 1.165) is 19.0 Å². The van der Waals surface area contributed by atoms with Gasteiger partial charge in [0.15, 0.2) is 5.88 Å². The minimum atomic E-state index is -0.00611. The van der Waals surface area contributed by atoms with Gasteiger partial charge >= 0.3 is 0 Å². The molecule has 1 saturated heterocycles. The number of anilines is 1. The first-order chi connectivity index (χ1) is 6.90. The van der Waals surface area contributed by atoms with Crippen LogP contribution in [0.25, 0.3) is 0 Å². The summed E-state index contributed by atoms with van der Waals surface area (Å²) < 4.78 is 5.50. The number of hydrogen-bond donors (Lipinski definition) is 1. The van der Waals surface area contributed by atoms with Gasteiger partial charge in [-0.15, -0.1) is 0 Å². The van der Waals surface area contributed by atoms with Gasteiger partial charge < -0.3 is 14.4 Å². The summed E-state index contributed by atoms with van der Waals surface area (Å²) in [5.74, 6) is 1.57. The Balaban J connectivity index is 2.04. The molecule has 1 N–H and O–H groups in total. The molecule has 1 aliphatic rings. The molecular weight excluding hydrogens is 178 g/mol. The highest BCUT2D eigenvalue weighted by Gasteiger charge is 2.12. The summed E-state index contributed by atoms with van der Waals surface area (Å²) in [5, 5.41) is 8.89. The lowest BCUT2D eigenvalue weighted by atomic mass is 10.2. The Kier molecular flexibility index (Phi) is 3.09. The molecule has 0 amide bonds. The van der Waals surface area contributed by atoms with Gasteiger partial charge in [0.05, 0.1) is 0 Å². The van der Waals surface area contributed by atoms with Crippen LogP contribution < -0.4 is 4.90 Å². The summed E-state index contributed by atoms with van der Waals surface area (Å²) in [6.45, 7) is 2.16. The van der Waals surface area contributed by atoms with Gasteiger partial charge in [-0.3, -0.25) is 0 Å². The average Bonchev–Trinajstić information content (AvgIpc) is 2.53. The molecule has 14 heavy (non-hydrogen) atoms. The number of aliphatic hydroxyl groups excluding tert-OH is 1. The van der Waals surface area contributed by atoms with Crippen molar-refractivity contribution < 1.29 is 9.52 Å². The van der Waals surface area contributed by atoms with E-state index in [1.807, 2.05) is 12.1 Å². The Morgan fingerprint density at radius 1 is 1.14 bits per heavy atom. The monoisotopic (exact) mass is 195 g/mol. The third-order valence-electron chi connectivity index (χ3n) is 2.72. The van der Waals surface area contributed by atoms with Crippen molar-refractivity contribution >= 4 is 5.88 Å². The second kappa shape index (κ2) is 4.51. The fourth-order valence-corrected chi connectivity index (χ4v) is 1.91. The molecule has 1 fully saturated rings. The van der Waals surface area contributed by atoms with Crippen LogP contribution >= 0.6 is 0 Å². The van der Waals surface area contributed by atoms with E-state index in [-0.39, 0.29) is 6.61 Å². The molecule has 1 aliphatic heterocycles. The van der Waals surface area contributed by atoms with Gasteiger partial charge in [0.2, 0.25) is 0 Å². The SMILES string of the molecule is OCc1ccc(N2CCCCCC2)o1. The van der Waals surface area contributed by atoms with Crippen LogP contribution in [0.5, 0.6) is 0 Å². The topological polar surface area (TPSA) is 36.6 Å². The Hall–Kier alpha value is -0.960. The van der Waals surface area contributed by atoms with Gasteiger partial charge in [-0.25, -0.2) is 0 Å². The molecule has 3 heteroatoms. The predicted octanol–water partition coefficient (Wildman–Crippen LogP) is 2.15. The minimum absolute atomic E-state index is 0.00611. The molecule has 0 saturated carbocycles. The molecular formula is C11H17NO2. The third kappa shape index (κ3) is 2.10. The number of furan rings is 1. The molecule has 0 atom stereocenters. The zero-order valence-corrected chi connectivity index (χ0v) is 8.41. The minimum Gasteiger partial charge on any atom is -0.443 e. The molecule has 0 radical (unpaired) electrons. The van der Waals surface area contributed by atoms with Gasteiger partial charge in [-0.2, -0.15) is 0 Å². The molecule has 2 rings (SSSR count). The lowest BCUT2D eigenvalue weighted by Gasteiger charge is -2.18. The van der Waals surface area contributed by atoms with E-state index < -0.39 is 0 Å². The van der Waals surface area contributed by atoms with Crippen molar-refractivity contribution in [2.45, 2.75) is 32.3 Å². The van der Waals surface area contributed by atoms with Crippen LogP contribution in [0.2, 0.25) is 0 Å². The van der Waals surface area contributed by atoms with Crippen molar-refractivity contribution in [3.63, 3.8) is 0 Å². The van der Waals surface area contributed by atoms with Crippen molar-refractivity contribution in [2.75, 3.05) is 18.0 Å². The third-order valence-corrected chi connectivity index (χ3v) is 2.72. The van der Waals surface area contributed by atoms with Crippen LogP contribution in [-0.2, 0) is 6.61 Å². The smallest absolute Gasteiger partial charge is 0.195 e. The summed E-state index contributed by atoms with van der Waals surface area (Å²) >= 11 is 0. The quantitative estimate of drug-likeness (QED) is 0.785. The van der Waals surface area contributed by atoms with Crippen molar-refractivity contribution in [3.05, 3.63) is 17.9 Å². The van der Waals surface area contributed by atoms with E-state index in [1.54, 1.807) is 0 Å². The number of nitrogens with zero attached hydrogens (tertiary/aromatic N) is 1. The van der Waals surface area contributed by atoms with Crippen LogP contribution in [0, 0.1) is 0 Å². The maximum Gasteiger partial charge on any atom is 0.195 e. The number of aliphatic hydroxyl groups is 1. The Labute approximate surface area is 84.3 Å². The Bertz CT molecular complexity index is 275. The van der Waals surface area contributed by atoms with Crippen LogP contribution in [0.4, 0.5) is 5.88 Å². The molecule has 3 nitrogen and oxygen atoms in total. The second-order valence-electron chi connectivity index (χ2n) is 3.80. The number of rotatable bonds is 2. The molecule has 0 aliphatic carbocycles.